The smallest absolute Gasteiger partial charge is 0.193 e. The summed E-state index contributed by atoms with van der Waals surface area (Å²) in [4.78, 5) is 0. The van der Waals surface area contributed by atoms with Crippen LogP contribution >= 0.6 is 0 Å². The van der Waals surface area contributed by atoms with Crippen LogP contribution in [0.2, 0.25) is 18.1 Å². The normalized spacial score (nSPS) is 36.0. The number of rotatable bonds is 12. The molecule has 3 aliphatic carbocycles. The van der Waals surface area contributed by atoms with Crippen LogP contribution in [0.5, 0.6) is 0 Å². The van der Waals surface area contributed by atoms with E-state index in [2.05, 4.69) is 84.9 Å². The molecule has 4 rings (SSSR count). The van der Waals surface area contributed by atoms with Gasteiger partial charge in [-0.05, 0) is 99.1 Å². The van der Waals surface area contributed by atoms with Crippen molar-refractivity contribution in [1.29, 1.82) is 0 Å². The zero-order valence-corrected chi connectivity index (χ0v) is 28.3. The van der Waals surface area contributed by atoms with E-state index in [4.69, 9.17) is 9.16 Å². The minimum Gasteiger partial charge on any atom is -0.408 e. The van der Waals surface area contributed by atoms with Crippen LogP contribution in [-0.2, 0) is 9.16 Å². The standard InChI is InChI=1S/C36H60O4Si/c1-8-35(9-2,40-41(10-3,11-4)12-5)23-14-13-16-27(6)30-20-21-31-29(17-15-22-34(30,31)7)19-18-28-24-32(37)36(26-39-36)33(38)25-28/h13-14,16,18-19,23,27,30-33,37-38H,8-12,15,17,20-22,24-26H2,1-7H3/b16-13+,23-14+,28-18?,29-19+/t27-,30?,31?,32-,33-,34?,36?/m1/s1. The minimum absolute atomic E-state index is 0.138. The average molecular weight is 585 g/mol. The number of hydrogen-bond acceptors (Lipinski definition) is 4. The van der Waals surface area contributed by atoms with Crippen molar-refractivity contribution in [1.82, 2.24) is 0 Å². The first-order chi connectivity index (χ1) is 19.6. The van der Waals surface area contributed by atoms with Crippen molar-refractivity contribution in [2.45, 2.75) is 148 Å². The Labute approximate surface area is 252 Å². The van der Waals surface area contributed by atoms with E-state index >= 15 is 0 Å². The topological polar surface area (TPSA) is 62.2 Å². The van der Waals surface area contributed by atoms with E-state index in [1.54, 1.807) is 5.57 Å². The van der Waals surface area contributed by atoms with Crippen molar-refractivity contribution in [2.75, 3.05) is 6.61 Å². The van der Waals surface area contributed by atoms with E-state index < -0.39 is 26.1 Å². The molecule has 0 aromatic rings. The van der Waals surface area contributed by atoms with Crippen LogP contribution in [0.4, 0.5) is 0 Å². The number of aliphatic hydroxyl groups is 2. The highest BCUT2D eigenvalue weighted by Crippen LogP contribution is 2.59. The van der Waals surface area contributed by atoms with E-state index in [0.29, 0.717) is 42.6 Å². The Morgan fingerprint density at radius 1 is 1.00 bits per heavy atom. The SMILES string of the molecule is CCC(/C=C/C=C/[C@@H](C)C1CCC2/C(=C/C=C3C[C@@H](O)C4(CO4)[C@H](O)C3)CCCC21C)(CC)O[Si](CC)(CC)CC. The Morgan fingerprint density at radius 3 is 2.20 bits per heavy atom. The molecule has 4 aliphatic rings. The number of aliphatic hydroxyl groups excluding tert-OH is 2. The predicted molar refractivity (Wildman–Crippen MR) is 173 cm³/mol. The molecule has 4 fully saturated rings. The molecule has 0 amide bonds. The van der Waals surface area contributed by atoms with Gasteiger partial charge in [-0.3, -0.25) is 0 Å². The molecule has 41 heavy (non-hydrogen) atoms. The Hall–Kier alpha value is -0.983. The third-order valence-corrected chi connectivity index (χ3v) is 16.9. The molecule has 3 unspecified atom stereocenters. The Kier molecular flexibility index (Phi) is 10.7. The van der Waals surface area contributed by atoms with E-state index in [9.17, 15) is 10.2 Å². The number of allylic oxidation sites excluding steroid dienone is 6. The van der Waals surface area contributed by atoms with Gasteiger partial charge in [-0.25, -0.2) is 0 Å². The molecular weight excluding hydrogens is 524 g/mol. The molecule has 0 aromatic heterocycles. The summed E-state index contributed by atoms with van der Waals surface area (Å²) in [5.41, 5.74) is 2.25. The van der Waals surface area contributed by atoms with E-state index in [-0.39, 0.29) is 5.60 Å². The zero-order chi connectivity index (χ0) is 29.9. The van der Waals surface area contributed by atoms with Crippen LogP contribution in [0.3, 0.4) is 0 Å². The zero-order valence-electron chi connectivity index (χ0n) is 27.3. The first-order valence-electron chi connectivity index (χ1n) is 17.0. The van der Waals surface area contributed by atoms with Crippen molar-refractivity contribution in [2.24, 2.45) is 23.2 Å². The molecule has 5 heteroatoms. The third-order valence-electron chi connectivity index (χ3n) is 12.2. The van der Waals surface area contributed by atoms with Gasteiger partial charge in [0, 0.05) is 0 Å². The highest BCUT2D eigenvalue weighted by molar-refractivity contribution is 6.73. The second-order valence-corrected chi connectivity index (χ2v) is 18.8. The van der Waals surface area contributed by atoms with E-state index in [1.165, 1.54) is 50.2 Å². The second-order valence-electron chi connectivity index (χ2n) is 14.1. The number of epoxide rings is 1. The lowest BCUT2D eigenvalue weighted by Crippen LogP contribution is -2.45. The summed E-state index contributed by atoms with van der Waals surface area (Å²) in [6, 6.07) is 3.57. The van der Waals surface area contributed by atoms with Crippen LogP contribution in [0, 0.1) is 23.2 Å². The molecule has 3 saturated carbocycles. The Bertz CT molecular complexity index is 975. The lowest BCUT2D eigenvalue weighted by atomic mass is 9.61. The maximum Gasteiger partial charge on any atom is 0.193 e. The fourth-order valence-electron chi connectivity index (χ4n) is 8.79. The molecule has 1 heterocycles. The van der Waals surface area contributed by atoms with Crippen molar-refractivity contribution < 1.29 is 19.4 Å². The largest absolute Gasteiger partial charge is 0.408 e. The molecule has 4 nitrogen and oxygen atoms in total. The average Bonchev–Trinajstić information content (AvgIpc) is 3.71. The highest BCUT2D eigenvalue weighted by atomic mass is 28.4. The molecule has 0 radical (unpaired) electrons. The predicted octanol–water partition coefficient (Wildman–Crippen LogP) is 8.67. The number of ether oxygens (including phenoxy) is 1. The highest BCUT2D eigenvalue weighted by Gasteiger charge is 2.59. The van der Waals surface area contributed by atoms with Gasteiger partial charge in [0.25, 0.3) is 0 Å². The lowest BCUT2D eigenvalue weighted by Gasteiger charge is -2.44. The Balaban J connectivity index is 1.42. The van der Waals surface area contributed by atoms with Crippen molar-refractivity contribution in [3.8, 4) is 0 Å². The summed E-state index contributed by atoms with van der Waals surface area (Å²) in [6.07, 6.45) is 22.4. The van der Waals surface area contributed by atoms with Gasteiger partial charge in [0.2, 0.25) is 0 Å². The van der Waals surface area contributed by atoms with Crippen molar-refractivity contribution in [3.05, 3.63) is 47.6 Å². The van der Waals surface area contributed by atoms with Crippen LogP contribution < -0.4 is 0 Å². The Morgan fingerprint density at radius 2 is 1.63 bits per heavy atom. The van der Waals surface area contributed by atoms with Crippen LogP contribution in [0.25, 0.3) is 0 Å². The second kappa shape index (κ2) is 13.3. The van der Waals surface area contributed by atoms with Crippen LogP contribution in [-0.4, -0.2) is 48.5 Å². The molecule has 1 spiro atoms. The van der Waals surface area contributed by atoms with Gasteiger partial charge in [-0.1, -0.05) is 96.1 Å². The number of fused-ring (bicyclic) bond motifs is 1. The van der Waals surface area contributed by atoms with Gasteiger partial charge in [-0.2, -0.15) is 0 Å². The summed E-state index contributed by atoms with van der Waals surface area (Å²) >= 11 is 0. The fourth-order valence-corrected chi connectivity index (χ4v) is 11.9. The summed E-state index contributed by atoms with van der Waals surface area (Å²) in [5, 5.41) is 21.1. The maximum absolute atomic E-state index is 10.5. The molecule has 1 saturated heterocycles. The molecule has 1 aliphatic heterocycles. The summed E-state index contributed by atoms with van der Waals surface area (Å²) in [7, 11) is -1.68. The van der Waals surface area contributed by atoms with Gasteiger partial charge in [-0.15, -0.1) is 0 Å². The summed E-state index contributed by atoms with van der Waals surface area (Å²) < 4.78 is 12.5. The van der Waals surface area contributed by atoms with Gasteiger partial charge < -0.3 is 19.4 Å². The third kappa shape index (κ3) is 6.60. The summed E-state index contributed by atoms with van der Waals surface area (Å²) in [6.45, 7) is 17.0. The van der Waals surface area contributed by atoms with Gasteiger partial charge in [0.15, 0.2) is 8.32 Å². The number of hydrogen-bond donors (Lipinski definition) is 2. The van der Waals surface area contributed by atoms with Crippen molar-refractivity contribution >= 4 is 8.32 Å². The van der Waals surface area contributed by atoms with Gasteiger partial charge >= 0.3 is 0 Å². The molecule has 0 bridgehead atoms. The van der Waals surface area contributed by atoms with Gasteiger partial charge in [0.1, 0.15) is 5.60 Å². The van der Waals surface area contributed by atoms with Gasteiger partial charge in [0.05, 0.1) is 24.4 Å². The maximum atomic E-state index is 10.5. The molecule has 0 aromatic carbocycles. The minimum atomic E-state index is -1.68. The quantitative estimate of drug-likeness (QED) is 0.137. The molecule has 2 N–H and O–H groups in total. The molecular formula is C36H60O4Si. The molecule has 232 valence electrons. The van der Waals surface area contributed by atoms with Crippen LogP contribution in [0.1, 0.15) is 106 Å². The lowest BCUT2D eigenvalue weighted by molar-refractivity contribution is -0.0292. The molecule has 6 atom stereocenters. The fraction of sp³-hybridized carbons (Fsp3) is 0.778. The van der Waals surface area contributed by atoms with Crippen molar-refractivity contribution in [3.63, 3.8) is 0 Å². The first kappa shape index (κ1) is 32.9. The summed E-state index contributed by atoms with van der Waals surface area (Å²) in [5.74, 6) is 1.87. The van der Waals surface area contributed by atoms with Crippen LogP contribution in [0.15, 0.2) is 47.6 Å². The monoisotopic (exact) mass is 584 g/mol. The van der Waals surface area contributed by atoms with E-state index in [1.807, 2.05) is 0 Å². The van der Waals surface area contributed by atoms with E-state index in [0.717, 1.165) is 18.4 Å². The first-order valence-corrected chi connectivity index (χ1v) is 19.5.